The molecular weight excluding hydrogens is 390 g/mol. The van der Waals surface area contributed by atoms with Gasteiger partial charge in [-0.3, -0.25) is 4.98 Å². The SMILES string of the molecule is O=C(O)c1ccc(-c2ccc([C@H]3[C@H](c4ccccn4)NC(=S)N3CCO)o2)cc1. The van der Waals surface area contributed by atoms with Gasteiger partial charge in [-0.25, -0.2) is 4.79 Å². The second-order valence-electron chi connectivity index (χ2n) is 6.63. The smallest absolute Gasteiger partial charge is 0.335 e. The van der Waals surface area contributed by atoms with Crippen molar-refractivity contribution in [3.63, 3.8) is 0 Å². The molecule has 1 aromatic carbocycles. The second kappa shape index (κ2) is 8.02. The topological polar surface area (TPSA) is 98.8 Å². The number of carboxylic acid groups (broad SMARTS) is 1. The molecule has 1 aliphatic rings. The fourth-order valence-electron chi connectivity index (χ4n) is 3.51. The zero-order chi connectivity index (χ0) is 20.4. The molecule has 1 aliphatic heterocycles. The van der Waals surface area contributed by atoms with E-state index in [1.54, 1.807) is 30.5 Å². The number of furan rings is 1. The zero-order valence-electron chi connectivity index (χ0n) is 15.4. The quantitative estimate of drug-likeness (QED) is 0.535. The first-order valence-corrected chi connectivity index (χ1v) is 9.51. The fraction of sp³-hybridized carbons (Fsp3) is 0.190. The largest absolute Gasteiger partial charge is 0.478 e. The average molecular weight is 409 g/mol. The Morgan fingerprint density at radius 1 is 1.17 bits per heavy atom. The third-order valence-corrected chi connectivity index (χ3v) is 5.23. The van der Waals surface area contributed by atoms with Crippen LogP contribution in [0.15, 0.2) is 65.2 Å². The number of thiocarbonyl (C=S) groups is 1. The molecule has 0 aliphatic carbocycles. The molecule has 0 bridgehead atoms. The lowest BCUT2D eigenvalue weighted by Gasteiger charge is -2.25. The van der Waals surface area contributed by atoms with E-state index in [2.05, 4.69) is 10.3 Å². The number of pyridine rings is 1. The van der Waals surface area contributed by atoms with E-state index >= 15 is 0 Å². The van der Waals surface area contributed by atoms with Crippen LogP contribution in [-0.2, 0) is 0 Å². The van der Waals surface area contributed by atoms with Crippen molar-refractivity contribution in [2.24, 2.45) is 0 Å². The summed E-state index contributed by atoms with van der Waals surface area (Å²) in [6, 6.07) is 15.4. The summed E-state index contributed by atoms with van der Waals surface area (Å²) < 4.78 is 6.13. The third-order valence-electron chi connectivity index (χ3n) is 4.87. The van der Waals surface area contributed by atoms with Crippen molar-refractivity contribution in [3.05, 3.63) is 77.8 Å². The number of carboxylic acids is 1. The van der Waals surface area contributed by atoms with Crippen molar-refractivity contribution in [1.82, 2.24) is 15.2 Å². The van der Waals surface area contributed by atoms with Gasteiger partial charge in [0.2, 0.25) is 0 Å². The van der Waals surface area contributed by atoms with Crippen molar-refractivity contribution in [3.8, 4) is 11.3 Å². The number of hydrogen-bond acceptors (Lipinski definition) is 5. The van der Waals surface area contributed by atoms with Gasteiger partial charge in [0.25, 0.3) is 0 Å². The van der Waals surface area contributed by atoms with Crippen LogP contribution in [0.4, 0.5) is 0 Å². The molecule has 2 atom stereocenters. The van der Waals surface area contributed by atoms with Gasteiger partial charge >= 0.3 is 5.97 Å². The van der Waals surface area contributed by atoms with E-state index in [1.165, 1.54) is 0 Å². The highest BCUT2D eigenvalue weighted by atomic mass is 32.1. The van der Waals surface area contributed by atoms with Gasteiger partial charge in [0, 0.05) is 18.3 Å². The van der Waals surface area contributed by atoms with E-state index in [9.17, 15) is 9.90 Å². The molecule has 2 aromatic heterocycles. The minimum absolute atomic E-state index is 0.0442. The van der Waals surface area contributed by atoms with E-state index in [-0.39, 0.29) is 24.3 Å². The second-order valence-corrected chi connectivity index (χ2v) is 7.01. The molecule has 29 heavy (non-hydrogen) atoms. The number of aliphatic hydroxyl groups is 1. The Bertz CT molecular complexity index is 1020. The van der Waals surface area contributed by atoms with Crippen molar-refractivity contribution >= 4 is 23.3 Å². The first-order valence-electron chi connectivity index (χ1n) is 9.11. The minimum atomic E-state index is -0.972. The highest BCUT2D eigenvalue weighted by Crippen LogP contribution is 2.40. The van der Waals surface area contributed by atoms with Crippen LogP contribution in [-0.4, -0.2) is 44.3 Å². The molecule has 0 unspecified atom stereocenters. The fourth-order valence-corrected chi connectivity index (χ4v) is 3.84. The molecule has 1 fully saturated rings. The molecule has 0 saturated carbocycles. The summed E-state index contributed by atoms with van der Waals surface area (Å²) in [6.07, 6.45) is 1.73. The summed E-state index contributed by atoms with van der Waals surface area (Å²) in [5.41, 5.74) is 1.82. The molecule has 4 rings (SSSR count). The number of β-amino-alcohol motifs (C(OH)–C–C–N with tert-alkyl or cyclic N) is 1. The molecule has 8 heteroatoms. The Labute approximate surface area is 172 Å². The lowest BCUT2D eigenvalue weighted by Crippen LogP contribution is -2.32. The lowest BCUT2D eigenvalue weighted by molar-refractivity contribution is 0.0697. The molecule has 3 aromatic rings. The molecule has 3 N–H and O–H groups in total. The summed E-state index contributed by atoms with van der Waals surface area (Å²) in [5, 5.41) is 22.4. The van der Waals surface area contributed by atoms with Crippen LogP contribution in [0.5, 0.6) is 0 Å². The van der Waals surface area contributed by atoms with Crippen LogP contribution in [0, 0.1) is 0 Å². The number of nitrogens with zero attached hydrogens (tertiary/aromatic N) is 2. The summed E-state index contributed by atoms with van der Waals surface area (Å²) in [4.78, 5) is 17.4. The van der Waals surface area contributed by atoms with Crippen LogP contribution < -0.4 is 5.32 Å². The number of benzene rings is 1. The lowest BCUT2D eigenvalue weighted by atomic mass is 10.0. The maximum atomic E-state index is 11.1. The third kappa shape index (κ3) is 3.72. The van der Waals surface area contributed by atoms with Crippen LogP contribution in [0.3, 0.4) is 0 Å². The molecular formula is C21H19N3O4S. The molecule has 0 amide bonds. The van der Waals surface area contributed by atoms with Gasteiger partial charge < -0.3 is 24.8 Å². The zero-order valence-corrected chi connectivity index (χ0v) is 16.2. The average Bonchev–Trinajstić information content (AvgIpc) is 3.34. The van der Waals surface area contributed by atoms with Gasteiger partial charge in [-0.1, -0.05) is 18.2 Å². The highest BCUT2D eigenvalue weighted by Gasteiger charge is 2.41. The first kappa shape index (κ1) is 19.1. The van der Waals surface area contributed by atoms with Crippen LogP contribution in [0.25, 0.3) is 11.3 Å². The Hall–Kier alpha value is -3.23. The van der Waals surface area contributed by atoms with E-state index < -0.39 is 5.97 Å². The predicted octanol–water partition coefficient (Wildman–Crippen LogP) is 3.00. The highest BCUT2D eigenvalue weighted by molar-refractivity contribution is 7.80. The number of carbonyl (C=O) groups is 1. The summed E-state index contributed by atoms with van der Waals surface area (Å²) in [6.45, 7) is 0.320. The predicted molar refractivity (Wildman–Crippen MR) is 110 cm³/mol. The van der Waals surface area contributed by atoms with Crippen molar-refractivity contribution < 1.29 is 19.4 Å². The summed E-state index contributed by atoms with van der Waals surface area (Å²) >= 11 is 5.48. The standard InChI is InChI=1S/C21H19N3O4S/c25-12-11-24-19(18(23-21(24)29)15-3-1-2-10-22-15)17-9-8-16(28-17)13-4-6-14(7-5-13)20(26)27/h1-10,18-19,25H,11-12H2,(H,23,29)(H,26,27)/t18-,19-/m0/s1. The Morgan fingerprint density at radius 3 is 2.62 bits per heavy atom. The van der Waals surface area contributed by atoms with Gasteiger partial charge in [0.1, 0.15) is 17.6 Å². The maximum Gasteiger partial charge on any atom is 0.335 e. The minimum Gasteiger partial charge on any atom is -0.478 e. The molecule has 0 spiro atoms. The number of aromatic carboxylic acids is 1. The van der Waals surface area contributed by atoms with E-state index in [4.69, 9.17) is 21.7 Å². The number of nitrogens with one attached hydrogen (secondary N) is 1. The Kier molecular flexibility index (Phi) is 5.28. The summed E-state index contributed by atoms with van der Waals surface area (Å²) in [5.74, 6) is 0.331. The number of hydrogen-bond donors (Lipinski definition) is 3. The Morgan fingerprint density at radius 2 is 1.97 bits per heavy atom. The number of aromatic nitrogens is 1. The van der Waals surface area contributed by atoms with Crippen LogP contribution in [0.2, 0.25) is 0 Å². The molecule has 7 nitrogen and oxygen atoms in total. The number of aliphatic hydroxyl groups excluding tert-OH is 1. The van der Waals surface area contributed by atoms with E-state index in [0.717, 1.165) is 11.3 Å². The first-order chi connectivity index (χ1) is 14.1. The summed E-state index contributed by atoms with van der Waals surface area (Å²) in [7, 11) is 0. The molecule has 1 saturated heterocycles. The normalized spacial score (nSPS) is 18.7. The van der Waals surface area contributed by atoms with Crippen molar-refractivity contribution in [2.45, 2.75) is 12.1 Å². The van der Waals surface area contributed by atoms with Gasteiger partial charge in [0.05, 0.1) is 23.9 Å². The van der Waals surface area contributed by atoms with Gasteiger partial charge in [-0.2, -0.15) is 0 Å². The maximum absolute atomic E-state index is 11.1. The van der Waals surface area contributed by atoms with Crippen molar-refractivity contribution in [1.29, 1.82) is 0 Å². The van der Waals surface area contributed by atoms with Gasteiger partial charge in [-0.15, -0.1) is 0 Å². The van der Waals surface area contributed by atoms with Crippen LogP contribution in [0.1, 0.15) is 33.9 Å². The molecule has 0 radical (unpaired) electrons. The van der Waals surface area contributed by atoms with Gasteiger partial charge in [-0.05, 0) is 48.6 Å². The monoisotopic (exact) mass is 409 g/mol. The van der Waals surface area contributed by atoms with Gasteiger partial charge in [0.15, 0.2) is 5.11 Å². The van der Waals surface area contributed by atoms with Crippen molar-refractivity contribution in [2.75, 3.05) is 13.2 Å². The molecule has 3 heterocycles. The van der Waals surface area contributed by atoms with E-state index in [0.29, 0.717) is 23.2 Å². The Balaban J connectivity index is 1.68. The number of rotatable bonds is 6. The van der Waals surface area contributed by atoms with E-state index in [1.807, 2.05) is 35.2 Å². The van der Waals surface area contributed by atoms with Crippen LogP contribution >= 0.6 is 12.2 Å². The molecule has 148 valence electrons.